The summed E-state index contributed by atoms with van der Waals surface area (Å²) in [7, 11) is 4.59. The van der Waals surface area contributed by atoms with Crippen molar-refractivity contribution in [1.82, 2.24) is 5.32 Å². The standard InChI is InChI=1S/C25H28N2O7/c1-6-34-24(30)25(2)20-19(21(26-25)17-12-11-16(32-4)13-18(17)33-5)22(28)27(23(20)29)14-7-9-15(31-3)10-8-14/h7-13,19-21,26H,6H2,1-5H3. The monoisotopic (exact) mass is 468 g/mol. The molecule has 0 radical (unpaired) electrons. The predicted molar refractivity (Wildman–Crippen MR) is 123 cm³/mol. The molecular weight excluding hydrogens is 440 g/mol. The van der Waals surface area contributed by atoms with Crippen LogP contribution in [0.1, 0.15) is 25.5 Å². The highest BCUT2D eigenvalue weighted by atomic mass is 16.5. The number of carbonyl (C=O) groups is 3. The normalized spacial score (nSPS) is 25.8. The van der Waals surface area contributed by atoms with Gasteiger partial charge in [0.1, 0.15) is 22.8 Å². The number of benzene rings is 2. The molecule has 2 saturated heterocycles. The van der Waals surface area contributed by atoms with Crippen LogP contribution in [0.25, 0.3) is 0 Å². The average molecular weight is 469 g/mol. The molecule has 0 aliphatic carbocycles. The van der Waals surface area contributed by atoms with E-state index in [9.17, 15) is 14.4 Å². The van der Waals surface area contributed by atoms with Gasteiger partial charge in [0, 0.05) is 17.7 Å². The summed E-state index contributed by atoms with van der Waals surface area (Å²) in [5, 5.41) is 3.25. The molecule has 4 rings (SSSR count). The number of esters is 1. The number of hydrogen-bond acceptors (Lipinski definition) is 8. The first-order chi connectivity index (χ1) is 16.3. The molecule has 9 nitrogen and oxygen atoms in total. The highest BCUT2D eigenvalue weighted by Crippen LogP contribution is 2.51. The summed E-state index contributed by atoms with van der Waals surface area (Å²) in [6.45, 7) is 3.46. The number of amides is 2. The second-order valence-electron chi connectivity index (χ2n) is 8.37. The largest absolute Gasteiger partial charge is 0.497 e. The highest BCUT2D eigenvalue weighted by molar-refractivity contribution is 6.24. The van der Waals surface area contributed by atoms with E-state index in [1.54, 1.807) is 63.4 Å². The third kappa shape index (κ3) is 3.56. The number of methoxy groups -OCH3 is 3. The Morgan fingerprint density at radius 1 is 0.971 bits per heavy atom. The number of rotatable bonds is 7. The molecule has 2 aromatic carbocycles. The fraction of sp³-hybridized carbons (Fsp3) is 0.400. The minimum Gasteiger partial charge on any atom is -0.497 e. The molecular formula is C25H28N2O7. The molecule has 0 bridgehead atoms. The molecule has 2 heterocycles. The van der Waals surface area contributed by atoms with Crippen molar-refractivity contribution in [3.63, 3.8) is 0 Å². The number of hydrogen-bond donors (Lipinski definition) is 1. The van der Waals surface area contributed by atoms with E-state index in [4.69, 9.17) is 18.9 Å². The maximum absolute atomic E-state index is 13.7. The van der Waals surface area contributed by atoms with Crippen LogP contribution in [0.15, 0.2) is 42.5 Å². The van der Waals surface area contributed by atoms with Gasteiger partial charge in [-0.05, 0) is 44.2 Å². The molecule has 4 unspecified atom stereocenters. The van der Waals surface area contributed by atoms with E-state index in [0.717, 1.165) is 4.90 Å². The Morgan fingerprint density at radius 2 is 1.62 bits per heavy atom. The lowest BCUT2D eigenvalue weighted by Crippen LogP contribution is -2.54. The lowest BCUT2D eigenvalue weighted by molar-refractivity contribution is -0.153. The first-order valence-electron chi connectivity index (χ1n) is 11.0. The van der Waals surface area contributed by atoms with E-state index < -0.39 is 41.2 Å². The van der Waals surface area contributed by atoms with Gasteiger partial charge in [0.05, 0.1) is 45.5 Å². The second kappa shape index (κ2) is 8.98. The molecule has 2 aliphatic rings. The van der Waals surface area contributed by atoms with Gasteiger partial charge in [-0.15, -0.1) is 0 Å². The molecule has 180 valence electrons. The van der Waals surface area contributed by atoms with Gasteiger partial charge in [-0.2, -0.15) is 0 Å². The Hall–Kier alpha value is -3.59. The zero-order valence-corrected chi connectivity index (χ0v) is 19.8. The summed E-state index contributed by atoms with van der Waals surface area (Å²) >= 11 is 0. The molecule has 1 N–H and O–H groups in total. The fourth-order valence-electron chi connectivity index (χ4n) is 4.94. The zero-order valence-electron chi connectivity index (χ0n) is 19.8. The van der Waals surface area contributed by atoms with E-state index in [1.807, 2.05) is 0 Å². The fourth-order valence-corrected chi connectivity index (χ4v) is 4.94. The lowest BCUT2D eigenvalue weighted by atomic mass is 9.80. The first-order valence-corrected chi connectivity index (χ1v) is 11.0. The van der Waals surface area contributed by atoms with Gasteiger partial charge in [0.2, 0.25) is 11.8 Å². The minimum absolute atomic E-state index is 0.147. The summed E-state index contributed by atoms with van der Waals surface area (Å²) in [6, 6.07) is 11.2. The summed E-state index contributed by atoms with van der Waals surface area (Å²) in [5.74, 6) is -1.59. The molecule has 0 spiro atoms. The van der Waals surface area contributed by atoms with Crippen LogP contribution in [0.3, 0.4) is 0 Å². The average Bonchev–Trinajstić information content (AvgIpc) is 3.32. The van der Waals surface area contributed by atoms with Gasteiger partial charge in [-0.3, -0.25) is 19.7 Å². The summed E-state index contributed by atoms with van der Waals surface area (Å²) in [6.07, 6.45) is 0. The number of fused-ring (bicyclic) bond motifs is 1. The van der Waals surface area contributed by atoms with Crippen LogP contribution in [0.5, 0.6) is 17.2 Å². The van der Waals surface area contributed by atoms with Crippen LogP contribution in [0.4, 0.5) is 5.69 Å². The van der Waals surface area contributed by atoms with Crippen molar-refractivity contribution in [3.05, 3.63) is 48.0 Å². The molecule has 9 heteroatoms. The van der Waals surface area contributed by atoms with Crippen molar-refractivity contribution in [1.29, 1.82) is 0 Å². The third-order valence-electron chi connectivity index (χ3n) is 6.59. The van der Waals surface area contributed by atoms with Crippen molar-refractivity contribution >= 4 is 23.5 Å². The second-order valence-corrected chi connectivity index (χ2v) is 8.37. The summed E-state index contributed by atoms with van der Waals surface area (Å²) in [5.41, 5.74) is -0.356. The van der Waals surface area contributed by atoms with Crippen LogP contribution in [-0.4, -0.2) is 51.3 Å². The molecule has 2 aromatic rings. The van der Waals surface area contributed by atoms with Gasteiger partial charge < -0.3 is 18.9 Å². The quantitative estimate of drug-likeness (QED) is 0.488. The van der Waals surface area contributed by atoms with Crippen LogP contribution >= 0.6 is 0 Å². The Morgan fingerprint density at radius 3 is 2.21 bits per heavy atom. The highest BCUT2D eigenvalue weighted by Gasteiger charge is 2.67. The molecule has 2 aliphatic heterocycles. The molecule has 2 fully saturated rings. The Labute approximate surface area is 197 Å². The van der Waals surface area contributed by atoms with Gasteiger partial charge >= 0.3 is 5.97 Å². The Balaban J connectivity index is 1.82. The SMILES string of the molecule is CCOC(=O)C1(C)NC(c2ccc(OC)cc2OC)C2C(=O)N(c3ccc(OC)cc3)C(=O)C21. The molecule has 4 atom stereocenters. The van der Waals surface area contributed by atoms with Crippen molar-refractivity contribution in [2.75, 3.05) is 32.8 Å². The maximum Gasteiger partial charge on any atom is 0.326 e. The molecule has 34 heavy (non-hydrogen) atoms. The van der Waals surface area contributed by atoms with Gasteiger partial charge in [0.15, 0.2) is 0 Å². The van der Waals surface area contributed by atoms with Crippen molar-refractivity contribution < 1.29 is 33.3 Å². The number of nitrogens with zero attached hydrogens (tertiary/aromatic N) is 1. The van der Waals surface area contributed by atoms with Crippen LogP contribution in [0.2, 0.25) is 0 Å². The number of ether oxygens (including phenoxy) is 4. The third-order valence-corrected chi connectivity index (χ3v) is 6.59. The number of imide groups is 1. The van der Waals surface area contributed by atoms with Gasteiger partial charge in [-0.1, -0.05) is 6.07 Å². The first kappa shape index (κ1) is 23.6. The number of nitrogens with one attached hydrogen (secondary N) is 1. The minimum atomic E-state index is -1.41. The van der Waals surface area contributed by atoms with Crippen LogP contribution in [-0.2, 0) is 19.1 Å². The van der Waals surface area contributed by atoms with Crippen molar-refractivity contribution in [3.8, 4) is 17.2 Å². The van der Waals surface area contributed by atoms with Crippen LogP contribution in [0, 0.1) is 11.8 Å². The smallest absolute Gasteiger partial charge is 0.326 e. The Kier molecular flexibility index (Phi) is 6.22. The zero-order chi connectivity index (χ0) is 24.6. The predicted octanol–water partition coefficient (Wildman–Crippen LogP) is 2.48. The van der Waals surface area contributed by atoms with Crippen LogP contribution < -0.4 is 24.4 Å². The van der Waals surface area contributed by atoms with Gasteiger partial charge in [-0.25, -0.2) is 4.90 Å². The molecule has 0 aromatic heterocycles. The van der Waals surface area contributed by atoms with E-state index in [0.29, 0.717) is 28.5 Å². The van der Waals surface area contributed by atoms with Gasteiger partial charge in [0.25, 0.3) is 0 Å². The molecule has 0 saturated carbocycles. The van der Waals surface area contributed by atoms with E-state index in [1.165, 1.54) is 14.2 Å². The van der Waals surface area contributed by atoms with Crippen molar-refractivity contribution in [2.45, 2.75) is 25.4 Å². The summed E-state index contributed by atoms with van der Waals surface area (Å²) in [4.78, 5) is 41.7. The maximum atomic E-state index is 13.7. The van der Waals surface area contributed by atoms with Crippen molar-refractivity contribution in [2.24, 2.45) is 11.8 Å². The molecule has 2 amide bonds. The topological polar surface area (TPSA) is 103 Å². The summed E-state index contributed by atoms with van der Waals surface area (Å²) < 4.78 is 21.4. The number of anilines is 1. The number of carbonyl (C=O) groups excluding carboxylic acids is 3. The lowest BCUT2D eigenvalue weighted by Gasteiger charge is -2.29. The Bertz CT molecular complexity index is 1120. The van der Waals surface area contributed by atoms with E-state index >= 15 is 0 Å². The van der Waals surface area contributed by atoms with E-state index in [2.05, 4.69) is 5.32 Å². The van der Waals surface area contributed by atoms with E-state index in [-0.39, 0.29) is 6.61 Å².